The Kier molecular flexibility index (Phi) is 6.15. The molecule has 5 heterocycles. The molecule has 186 valence electrons. The summed E-state index contributed by atoms with van der Waals surface area (Å²) in [6.07, 6.45) is 5.17. The average molecular weight is 501 g/mol. The number of benzene rings is 1. The van der Waals surface area contributed by atoms with E-state index in [4.69, 9.17) is 13.9 Å². The second-order valence-corrected chi connectivity index (χ2v) is 10.8. The molecule has 3 fully saturated rings. The quantitative estimate of drug-likeness (QED) is 0.484. The van der Waals surface area contributed by atoms with Gasteiger partial charge in [0.25, 0.3) is 0 Å². The number of rotatable bonds is 7. The number of ether oxygens (including phenoxy) is 2. The number of aromatic nitrogens is 4. The van der Waals surface area contributed by atoms with Gasteiger partial charge in [-0.05, 0) is 62.9 Å². The Morgan fingerprint density at radius 3 is 2.74 bits per heavy atom. The lowest BCUT2D eigenvalue weighted by atomic mass is 9.86. The van der Waals surface area contributed by atoms with Gasteiger partial charge in [0.1, 0.15) is 28.8 Å². The van der Waals surface area contributed by atoms with Crippen LogP contribution >= 0.6 is 11.3 Å². The molecule has 1 atom stereocenters. The summed E-state index contributed by atoms with van der Waals surface area (Å²) in [5, 5.41) is 17.9. The first-order valence-electron chi connectivity index (χ1n) is 12.2. The highest BCUT2D eigenvalue weighted by atomic mass is 32.1. The van der Waals surface area contributed by atoms with Crippen LogP contribution in [0.25, 0.3) is 0 Å². The third kappa shape index (κ3) is 4.64. The van der Waals surface area contributed by atoms with Crippen LogP contribution in [0.4, 0.5) is 10.4 Å². The van der Waals surface area contributed by atoms with E-state index >= 15 is 0 Å². The molecule has 1 aromatic carbocycles. The van der Waals surface area contributed by atoms with Gasteiger partial charge in [-0.15, -0.1) is 15.3 Å². The fraction of sp³-hybridized carbons (Fsp3) is 0.583. The topological polar surface area (TPSA) is 89.6 Å². The van der Waals surface area contributed by atoms with Gasteiger partial charge >= 0.3 is 6.01 Å². The van der Waals surface area contributed by atoms with Crippen molar-refractivity contribution in [2.45, 2.75) is 56.8 Å². The molecule has 11 heteroatoms. The fourth-order valence-corrected chi connectivity index (χ4v) is 6.24. The van der Waals surface area contributed by atoms with Crippen LogP contribution in [-0.2, 0) is 17.8 Å². The van der Waals surface area contributed by atoms with E-state index in [2.05, 4.69) is 37.1 Å². The van der Waals surface area contributed by atoms with Crippen molar-refractivity contribution in [1.82, 2.24) is 25.3 Å². The summed E-state index contributed by atoms with van der Waals surface area (Å²) in [5.74, 6) is 0.795. The fourth-order valence-electron chi connectivity index (χ4n) is 5.54. The molecule has 0 N–H and O–H groups in total. The Balaban J connectivity index is 1.04. The maximum Gasteiger partial charge on any atom is 0.318 e. The SMILES string of the molecule is CCc1nnc(COc2ccc(F)cc2C2CCN(C3COC4(C3)CN(c3nnco3)C4)CC2)s1. The molecule has 0 radical (unpaired) electrons. The molecule has 0 bridgehead atoms. The first-order chi connectivity index (χ1) is 17.1. The van der Waals surface area contributed by atoms with Crippen molar-refractivity contribution in [1.29, 1.82) is 0 Å². The van der Waals surface area contributed by atoms with Crippen LogP contribution in [0.2, 0.25) is 0 Å². The van der Waals surface area contributed by atoms with Crippen molar-refractivity contribution in [2.75, 3.05) is 37.7 Å². The van der Waals surface area contributed by atoms with Crippen LogP contribution < -0.4 is 9.64 Å². The molecule has 1 unspecified atom stereocenters. The Hall–Kier alpha value is -2.63. The molecule has 3 aliphatic rings. The molecule has 3 saturated heterocycles. The Morgan fingerprint density at radius 1 is 1.17 bits per heavy atom. The Labute approximate surface area is 207 Å². The monoisotopic (exact) mass is 500 g/mol. The first kappa shape index (κ1) is 22.8. The van der Waals surface area contributed by atoms with E-state index in [0.29, 0.717) is 18.7 Å². The lowest BCUT2D eigenvalue weighted by molar-refractivity contribution is -0.0216. The van der Waals surface area contributed by atoms with Gasteiger partial charge in [-0.2, -0.15) is 0 Å². The van der Waals surface area contributed by atoms with Gasteiger partial charge in [0.05, 0.1) is 19.7 Å². The highest BCUT2D eigenvalue weighted by Crippen LogP contribution is 2.41. The molecule has 1 spiro atoms. The standard InChI is InChI=1S/C24H29FN6O3S/c1-2-21-27-28-22(35-21)12-32-20-4-3-17(25)9-19(20)16-5-7-30(8-6-16)18-10-24(34-11-18)13-31(14-24)23-29-26-15-33-23/h3-4,9,15-16,18H,2,5-8,10-14H2,1H3. The smallest absolute Gasteiger partial charge is 0.318 e. The van der Waals surface area contributed by atoms with Gasteiger partial charge in [-0.25, -0.2) is 4.39 Å². The second-order valence-electron chi connectivity index (χ2n) is 9.65. The number of nitrogens with zero attached hydrogens (tertiary/aromatic N) is 6. The van der Waals surface area contributed by atoms with Crippen molar-refractivity contribution in [2.24, 2.45) is 0 Å². The maximum absolute atomic E-state index is 14.2. The molecule has 9 nitrogen and oxygen atoms in total. The number of anilines is 1. The zero-order chi connectivity index (χ0) is 23.8. The molecule has 2 aromatic heterocycles. The minimum Gasteiger partial charge on any atom is -0.486 e. The molecule has 3 aromatic rings. The summed E-state index contributed by atoms with van der Waals surface area (Å²) in [4.78, 5) is 4.60. The molecule has 0 aliphatic carbocycles. The second kappa shape index (κ2) is 9.44. The number of halogens is 1. The number of aryl methyl sites for hydroxylation is 1. The van der Waals surface area contributed by atoms with Gasteiger partial charge in [-0.3, -0.25) is 4.90 Å². The highest BCUT2D eigenvalue weighted by Gasteiger charge is 2.52. The van der Waals surface area contributed by atoms with Crippen molar-refractivity contribution in [3.8, 4) is 5.75 Å². The highest BCUT2D eigenvalue weighted by molar-refractivity contribution is 7.11. The molecule has 3 aliphatic heterocycles. The zero-order valence-corrected chi connectivity index (χ0v) is 20.5. The van der Waals surface area contributed by atoms with Crippen LogP contribution in [0.15, 0.2) is 29.0 Å². The molecule has 35 heavy (non-hydrogen) atoms. The minimum absolute atomic E-state index is 0.109. The van der Waals surface area contributed by atoms with Crippen LogP contribution in [0.1, 0.15) is 47.7 Å². The lowest BCUT2D eigenvalue weighted by Crippen LogP contribution is -2.62. The number of hydrogen-bond donors (Lipinski definition) is 0. The van der Waals surface area contributed by atoms with Gasteiger partial charge in [0.15, 0.2) is 5.01 Å². The van der Waals surface area contributed by atoms with E-state index in [1.165, 1.54) is 12.5 Å². The van der Waals surface area contributed by atoms with E-state index in [-0.39, 0.29) is 17.3 Å². The molecule has 0 amide bonds. The summed E-state index contributed by atoms with van der Waals surface area (Å²) in [6, 6.07) is 5.83. The lowest BCUT2D eigenvalue weighted by Gasteiger charge is -2.46. The van der Waals surface area contributed by atoms with Crippen LogP contribution in [-0.4, -0.2) is 69.7 Å². The Bertz CT molecular complexity index is 1140. The van der Waals surface area contributed by atoms with Crippen molar-refractivity contribution >= 4 is 17.4 Å². The predicted octanol–water partition coefficient (Wildman–Crippen LogP) is 3.43. The summed E-state index contributed by atoms with van der Waals surface area (Å²) in [7, 11) is 0. The van der Waals surface area contributed by atoms with E-state index in [1.807, 2.05) is 0 Å². The van der Waals surface area contributed by atoms with Gasteiger partial charge < -0.3 is 18.8 Å². The summed E-state index contributed by atoms with van der Waals surface area (Å²) < 4.78 is 31.8. The van der Waals surface area contributed by atoms with E-state index < -0.39 is 0 Å². The molecular weight excluding hydrogens is 471 g/mol. The normalized spacial score (nSPS) is 22.6. The summed E-state index contributed by atoms with van der Waals surface area (Å²) >= 11 is 1.56. The zero-order valence-electron chi connectivity index (χ0n) is 19.7. The van der Waals surface area contributed by atoms with Crippen LogP contribution in [0.3, 0.4) is 0 Å². The van der Waals surface area contributed by atoms with Crippen molar-refractivity contribution in [3.05, 3.63) is 46.0 Å². The van der Waals surface area contributed by atoms with Crippen LogP contribution in [0, 0.1) is 5.82 Å². The summed E-state index contributed by atoms with van der Waals surface area (Å²) in [6.45, 7) is 6.68. The Morgan fingerprint density at radius 2 is 2.00 bits per heavy atom. The van der Waals surface area contributed by atoms with E-state index in [1.54, 1.807) is 23.5 Å². The largest absolute Gasteiger partial charge is 0.486 e. The molecule has 6 rings (SSSR count). The average Bonchev–Trinajstić information content (AvgIpc) is 3.63. The first-order valence-corrected chi connectivity index (χ1v) is 13.0. The maximum atomic E-state index is 14.2. The third-order valence-electron chi connectivity index (χ3n) is 7.39. The minimum atomic E-state index is -0.221. The van der Waals surface area contributed by atoms with Crippen LogP contribution in [0.5, 0.6) is 5.75 Å². The van der Waals surface area contributed by atoms with E-state index in [0.717, 1.165) is 79.8 Å². The third-order valence-corrected chi connectivity index (χ3v) is 8.43. The predicted molar refractivity (Wildman–Crippen MR) is 127 cm³/mol. The number of hydrogen-bond acceptors (Lipinski definition) is 10. The van der Waals surface area contributed by atoms with Gasteiger partial charge in [0, 0.05) is 11.6 Å². The number of likely N-dealkylation sites (tertiary alicyclic amines) is 1. The van der Waals surface area contributed by atoms with Crippen molar-refractivity contribution in [3.63, 3.8) is 0 Å². The number of piperidine rings is 1. The molecular formula is C24H29FN6O3S. The van der Waals surface area contributed by atoms with Gasteiger partial charge in [-0.1, -0.05) is 23.4 Å². The molecule has 0 saturated carbocycles. The summed E-state index contributed by atoms with van der Waals surface area (Å²) in [5.41, 5.74) is 0.847. The van der Waals surface area contributed by atoms with E-state index in [9.17, 15) is 4.39 Å². The van der Waals surface area contributed by atoms with Gasteiger partial charge in [0.2, 0.25) is 6.39 Å². The van der Waals surface area contributed by atoms with Crippen molar-refractivity contribution < 1.29 is 18.3 Å².